The summed E-state index contributed by atoms with van der Waals surface area (Å²) in [6.07, 6.45) is 4.46. The van der Waals surface area contributed by atoms with Gasteiger partial charge in [-0.25, -0.2) is 4.79 Å². The van der Waals surface area contributed by atoms with E-state index in [4.69, 9.17) is 21.1 Å². The fraction of sp³-hybridized carbons (Fsp3) is 0.636. The SMILES string of the molecule is CC(=O)O[C@]1(C(C)=O)CC(=O)[C@H]2[C@@H]3C=C(Cl)C4=CC(=O)OC[C@]4(C)[C@H]3CC[C@@]21C. The van der Waals surface area contributed by atoms with Gasteiger partial charge in [0, 0.05) is 34.8 Å². The number of esters is 2. The summed E-state index contributed by atoms with van der Waals surface area (Å²) in [6, 6.07) is 0. The average molecular weight is 421 g/mol. The maximum Gasteiger partial charge on any atom is 0.331 e. The van der Waals surface area contributed by atoms with E-state index in [1.165, 1.54) is 19.9 Å². The second-order valence-corrected chi connectivity index (χ2v) is 9.74. The van der Waals surface area contributed by atoms with Crippen LogP contribution in [-0.4, -0.2) is 35.7 Å². The van der Waals surface area contributed by atoms with Crippen molar-refractivity contribution in [2.45, 2.75) is 52.6 Å². The van der Waals surface area contributed by atoms with E-state index in [0.717, 1.165) is 5.57 Å². The molecule has 0 amide bonds. The molecular formula is C22H25ClO6. The molecule has 1 aliphatic heterocycles. The minimum atomic E-state index is -1.44. The zero-order valence-electron chi connectivity index (χ0n) is 17.0. The molecule has 0 aromatic carbocycles. The van der Waals surface area contributed by atoms with E-state index in [1.54, 1.807) is 0 Å². The lowest BCUT2D eigenvalue weighted by Gasteiger charge is -2.56. The number of rotatable bonds is 2. The third-order valence-corrected chi connectivity index (χ3v) is 8.23. The van der Waals surface area contributed by atoms with Gasteiger partial charge in [-0.3, -0.25) is 14.4 Å². The van der Waals surface area contributed by atoms with Gasteiger partial charge in [0.15, 0.2) is 11.4 Å². The highest BCUT2D eigenvalue weighted by molar-refractivity contribution is 6.32. The predicted octanol–water partition coefficient (Wildman–Crippen LogP) is 3.12. The third-order valence-electron chi connectivity index (χ3n) is 7.90. The van der Waals surface area contributed by atoms with Gasteiger partial charge in [-0.15, -0.1) is 0 Å². The highest BCUT2D eigenvalue weighted by Crippen LogP contribution is 2.66. The van der Waals surface area contributed by atoms with Gasteiger partial charge in [0.2, 0.25) is 0 Å². The highest BCUT2D eigenvalue weighted by Gasteiger charge is 2.71. The Balaban J connectivity index is 1.85. The van der Waals surface area contributed by atoms with Gasteiger partial charge in [-0.05, 0) is 37.2 Å². The third kappa shape index (κ3) is 2.54. The molecule has 0 spiro atoms. The summed E-state index contributed by atoms with van der Waals surface area (Å²) in [7, 11) is 0. The first-order valence-electron chi connectivity index (χ1n) is 9.96. The molecule has 0 aromatic heterocycles. The Morgan fingerprint density at radius 1 is 1.24 bits per heavy atom. The van der Waals surface area contributed by atoms with E-state index >= 15 is 0 Å². The van der Waals surface area contributed by atoms with Gasteiger partial charge in [0.25, 0.3) is 0 Å². The molecule has 1 heterocycles. The van der Waals surface area contributed by atoms with Crippen molar-refractivity contribution in [2.24, 2.45) is 28.6 Å². The molecule has 4 aliphatic rings. The summed E-state index contributed by atoms with van der Waals surface area (Å²) in [5.41, 5.74) is -1.99. The van der Waals surface area contributed by atoms with Gasteiger partial charge in [-0.2, -0.15) is 0 Å². The first-order chi connectivity index (χ1) is 13.5. The van der Waals surface area contributed by atoms with Gasteiger partial charge in [0.1, 0.15) is 12.4 Å². The van der Waals surface area contributed by atoms with Crippen molar-refractivity contribution in [3.05, 3.63) is 22.8 Å². The van der Waals surface area contributed by atoms with Crippen molar-refractivity contribution in [1.82, 2.24) is 0 Å². The van der Waals surface area contributed by atoms with Crippen molar-refractivity contribution >= 4 is 35.1 Å². The van der Waals surface area contributed by atoms with Crippen LogP contribution in [0.25, 0.3) is 0 Å². The summed E-state index contributed by atoms with van der Waals surface area (Å²) in [6.45, 7) is 6.78. The molecule has 2 fully saturated rings. The van der Waals surface area contributed by atoms with E-state index in [1.807, 2.05) is 19.9 Å². The normalized spacial score (nSPS) is 43.3. The van der Waals surface area contributed by atoms with Crippen LogP contribution in [0.3, 0.4) is 0 Å². The summed E-state index contributed by atoms with van der Waals surface area (Å²) >= 11 is 6.59. The number of Topliss-reactive ketones (excluding diaryl/α,β-unsaturated/α-hetero) is 2. The largest absolute Gasteiger partial charge is 0.462 e. The minimum Gasteiger partial charge on any atom is -0.462 e. The molecule has 0 aromatic rings. The molecule has 29 heavy (non-hydrogen) atoms. The minimum absolute atomic E-state index is 0.0338. The quantitative estimate of drug-likeness (QED) is 0.638. The van der Waals surface area contributed by atoms with Crippen LogP contribution in [0.2, 0.25) is 0 Å². The molecular weight excluding hydrogens is 396 g/mol. The maximum absolute atomic E-state index is 13.3. The van der Waals surface area contributed by atoms with Crippen LogP contribution in [0.1, 0.15) is 47.0 Å². The fourth-order valence-electron chi connectivity index (χ4n) is 6.52. The first kappa shape index (κ1) is 20.3. The topological polar surface area (TPSA) is 86.7 Å². The molecule has 156 valence electrons. The van der Waals surface area contributed by atoms with Gasteiger partial charge < -0.3 is 9.47 Å². The van der Waals surface area contributed by atoms with E-state index in [9.17, 15) is 19.2 Å². The Labute approximate surface area is 174 Å². The molecule has 0 unspecified atom stereocenters. The Kier molecular flexibility index (Phi) is 4.40. The van der Waals surface area contributed by atoms with Crippen molar-refractivity contribution in [3.8, 4) is 0 Å². The maximum atomic E-state index is 13.3. The molecule has 3 aliphatic carbocycles. The van der Waals surface area contributed by atoms with Crippen LogP contribution >= 0.6 is 11.6 Å². The number of fused-ring (bicyclic) bond motifs is 5. The van der Waals surface area contributed by atoms with Gasteiger partial charge in [0.05, 0.1) is 6.42 Å². The van der Waals surface area contributed by atoms with Gasteiger partial charge >= 0.3 is 11.9 Å². The molecule has 0 saturated heterocycles. The van der Waals surface area contributed by atoms with E-state index in [0.29, 0.717) is 17.9 Å². The van der Waals surface area contributed by atoms with Crippen molar-refractivity contribution < 1.29 is 28.7 Å². The summed E-state index contributed by atoms with van der Waals surface area (Å²) in [4.78, 5) is 49.7. The Hall–Kier alpha value is -1.95. The Morgan fingerprint density at radius 3 is 2.55 bits per heavy atom. The van der Waals surface area contributed by atoms with Crippen LogP contribution in [0, 0.1) is 28.6 Å². The Bertz CT molecular complexity index is 903. The molecule has 0 bridgehead atoms. The highest BCUT2D eigenvalue weighted by atomic mass is 35.5. The molecule has 6 atom stereocenters. The number of ether oxygens (including phenoxy) is 2. The summed E-state index contributed by atoms with van der Waals surface area (Å²) < 4.78 is 10.9. The number of carbonyl (C=O) groups excluding carboxylic acids is 4. The standard InChI is InChI=1S/C22H25ClO6/c1-11(24)22(29-12(2)25)9-17(26)19-13-7-16(23)15-8-18(27)28-10-20(15,3)14(13)5-6-21(19,22)4/h7-8,13-14,19H,5-6,9-10H2,1-4H3/t13-,14+,19-,20-,21+,22+/m1/s1. The second kappa shape index (κ2) is 6.27. The van der Waals surface area contributed by atoms with Crippen LogP contribution in [-0.2, 0) is 28.7 Å². The van der Waals surface area contributed by atoms with Crippen LogP contribution in [0.15, 0.2) is 22.8 Å². The Morgan fingerprint density at radius 2 is 1.93 bits per heavy atom. The smallest absolute Gasteiger partial charge is 0.331 e. The predicted molar refractivity (Wildman–Crippen MR) is 104 cm³/mol. The molecule has 2 saturated carbocycles. The molecule has 4 rings (SSSR count). The number of hydrogen-bond donors (Lipinski definition) is 0. The average Bonchev–Trinajstić information content (AvgIpc) is 2.84. The number of allylic oxidation sites excluding steroid dienone is 2. The van der Waals surface area contributed by atoms with Crippen molar-refractivity contribution in [2.75, 3.05) is 6.61 Å². The van der Waals surface area contributed by atoms with E-state index in [-0.39, 0.29) is 36.4 Å². The van der Waals surface area contributed by atoms with Crippen LogP contribution in [0.5, 0.6) is 0 Å². The van der Waals surface area contributed by atoms with Crippen LogP contribution < -0.4 is 0 Å². The van der Waals surface area contributed by atoms with Crippen LogP contribution in [0.4, 0.5) is 0 Å². The summed E-state index contributed by atoms with van der Waals surface area (Å²) in [5.74, 6) is -2.03. The van der Waals surface area contributed by atoms with E-state index < -0.39 is 34.3 Å². The zero-order chi connectivity index (χ0) is 21.4. The number of carbonyl (C=O) groups is 4. The lowest BCUT2D eigenvalue weighted by atomic mass is 9.49. The van der Waals surface area contributed by atoms with E-state index in [2.05, 4.69) is 0 Å². The summed E-state index contributed by atoms with van der Waals surface area (Å²) in [5, 5.41) is 0.454. The number of cyclic esters (lactones) is 1. The first-order valence-corrected chi connectivity index (χ1v) is 10.3. The number of ketones is 2. The monoisotopic (exact) mass is 420 g/mol. The molecule has 0 radical (unpaired) electrons. The lowest BCUT2D eigenvalue weighted by Crippen LogP contribution is -2.59. The molecule has 7 heteroatoms. The molecule has 0 N–H and O–H groups in total. The number of hydrogen-bond acceptors (Lipinski definition) is 6. The number of halogens is 1. The molecule has 6 nitrogen and oxygen atoms in total. The van der Waals surface area contributed by atoms with Crippen molar-refractivity contribution in [3.63, 3.8) is 0 Å². The zero-order valence-corrected chi connectivity index (χ0v) is 17.8. The lowest BCUT2D eigenvalue weighted by molar-refractivity contribution is -0.185. The second-order valence-electron chi connectivity index (χ2n) is 9.34. The van der Waals surface area contributed by atoms with Crippen molar-refractivity contribution in [1.29, 1.82) is 0 Å². The van der Waals surface area contributed by atoms with Gasteiger partial charge in [-0.1, -0.05) is 31.5 Å². The fourth-order valence-corrected chi connectivity index (χ4v) is 6.94.